The summed E-state index contributed by atoms with van der Waals surface area (Å²) in [7, 11) is 2.04. The molecule has 0 spiro atoms. The van der Waals surface area contributed by atoms with E-state index in [2.05, 4.69) is 32.4 Å². The van der Waals surface area contributed by atoms with Crippen LogP contribution >= 0.6 is 0 Å². The van der Waals surface area contributed by atoms with Gasteiger partial charge in [0, 0.05) is 45.3 Å². The minimum absolute atomic E-state index is 0.0567. The van der Waals surface area contributed by atoms with E-state index < -0.39 is 6.17 Å². The van der Waals surface area contributed by atoms with Gasteiger partial charge in [0.15, 0.2) is 24.1 Å². The van der Waals surface area contributed by atoms with E-state index in [0.29, 0.717) is 35.2 Å². The van der Waals surface area contributed by atoms with Gasteiger partial charge in [-0.25, -0.2) is 0 Å². The summed E-state index contributed by atoms with van der Waals surface area (Å²) in [6.45, 7) is 6.22. The summed E-state index contributed by atoms with van der Waals surface area (Å²) in [5.41, 5.74) is 7.99. The Balaban J connectivity index is 1.61. The zero-order chi connectivity index (χ0) is 24.2. The molecule has 0 amide bonds. The van der Waals surface area contributed by atoms with E-state index in [1.807, 2.05) is 18.0 Å². The number of nitrogens with zero attached hydrogens (tertiary/aromatic N) is 6. The average molecular weight is 470 g/mol. The second-order valence-electron chi connectivity index (χ2n) is 8.64. The van der Waals surface area contributed by atoms with Crippen LogP contribution in [0.5, 0.6) is 0 Å². The van der Waals surface area contributed by atoms with Crippen molar-refractivity contribution in [2.45, 2.75) is 32.5 Å². The van der Waals surface area contributed by atoms with Crippen LogP contribution in [0.25, 0.3) is 0 Å². The van der Waals surface area contributed by atoms with Gasteiger partial charge in [-0.3, -0.25) is 14.9 Å². The van der Waals surface area contributed by atoms with Crippen molar-refractivity contribution >= 4 is 40.9 Å². The average Bonchev–Trinajstić information content (AvgIpc) is 3.18. The number of nitrogens with one attached hydrogen (secondary N) is 2. The second kappa shape index (κ2) is 10.1. The number of nitrogen functional groups attached to an aromatic ring is 1. The van der Waals surface area contributed by atoms with Gasteiger partial charge in [-0.1, -0.05) is 19.4 Å². The topological polar surface area (TPSA) is 146 Å². The molecule has 1 aromatic carbocycles. The molecule has 0 aliphatic carbocycles. The molecule has 1 unspecified atom stereocenters. The summed E-state index contributed by atoms with van der Waals surface area (Å²) in [6, 6.07) is 5.25. The lowest BCUT2D eigenvalue weighted by Gasteiger charge is -2.33. The molecule has 12 nitrogen and oxygen atoms in total. The molecule has 2 aliphatic heterocycles. The number of carbonyl (C=O) groups excluding carboxylic acids is 1. The van der Waals surface area contributed by atoms with Crippen molar-refractivity contribution in [2.75, 3.05) is 65.9 Å². The molecule has 12 heteroatoms. The Hall–Kier alpha value is -3.67. The van der Waals surface area contributed by atoms with Crippen LogP contribution in [-0.4, -0.2) is 72.0 Å². The van der Waals surface area contributed by atoms with Gasteiger partial charge in [0.1, 0.15) is 11.4 Å². The van der Waals surface area contributed by atoms with Crippen LogP contribution in [0.2, 0.25) is 0 Å². The lowest BCUT2D eigenvalue weighted by Crippen LogP contribution is -2.44. The number of nitro benzene ring substituents is 1. The number of benzene rings is 1. The van der Waals surface area contributed by atoms with Gasteiger partial charge < -0.3 is 31.1 Å². The fourth-order valence-corrected chi connectivity index (χ4v) is 4.23. The van der Waals surface area contributed by atoms with Crippen molar-refractivity contribution in [3.63, 3.8) is 0 Å². The van der Waals surface area contributed by atoms with Gasteiger partial charge >= 0.3 is 0 Å². The molecule has 2 aromatic rings. The number of rotatable bonds is 9. The Morgan fingerprint density at radius 1 is 1.29 bits per heavy atom. The maximum atomic E-state index is 11.9. The summed E-state index contributed by atoms with van der Waals surface area (Å²) in [4.78, 5) is 38.2. The number of nitrogens with two attached hydrogens (primary N) is 1. The van der Waals surface area contributed by atoms with E-state index in [-0.39, 0.29) is 23.0 Å². The van der Waals surface area contributed by atoms with Gasteiger partial charge in [0.2, 0.25) is 5.95 Å². The standard InChI is InChI=1S/C22H31N9O3/c1-3-4-7-24-22-26-20(23)19-21(27-22)30(18(14-32)25-19)13-15-5-6-16(17(12-15)31(33)34)29-10-8-28(2)9-11-29/h5-6,12,14,18,25H,3-4,7-11,13H2,1-2H3,(H3,23,24,26,27). The van der Waals surface area contributed by atoms with E-state index in [1.54, 1.807) is 17.0 Å². The van der Waals surface area contributed by atoms with Crippen LogP contribution in [0.1, 0.15) is 25.3 Å². The molecule has 1 atom stereocenters. The molecule has 3 heterocycles. The highest BCUT2D eigenvalue weighted by atomic mass is 16.6. The van der Waals surface area contributed by atoms with Gasteiger partial charge in [-0.05, 0) is 25.1 Å². The van der Waals surface area contributed by atoms with Crippen LogP contribution in [-0.2, 0) is 11.3 Å². The highest BCUT2D eigenvalue weighted by molar-refractivity contribution is 5.88. The van der Waals surface area contributed by atoms with Crippen LogP contribution < -0.4 is 26.2 Å². The molecule has 34 heavy (non-hydrogen) atoms. The first-order valence-electron chi connectivity index (χ1n) is 11.5. The van der Waals surface area contributed by atoms with Crippen molar-refractivity contribution in [1.82, 2.24) is 14.9 Å². The number of hydrogen-bond acceptors (Lipinski definition) is 11. The number of fused-ring (bicyclic) bond motifs is 1. The highest BCUT2D eigenvalue weighted by Crippen LogP contribution is 2.38. The van der Waals surface area contributed by atoms with E-state index in [4.69, 9.17) is 5.73 Å². The lowest BCUT2D eigenvalue weighted by atomic mass is 10.1. The largest absolute Gasteiger partial charge is 0.382 e. The number of anilines is 5. The number of aldehydes is 1. The fourth-order valence-electron chi connectivity index (χ4n) is 4.23. The summed E-state index contributed by atoms with van der Waals surface area (Å²) >= 11 is 0. The maximum absolute atomic E-state index is 11.9. The number of unbranched alkanes of at least 4 members (excludes halogenated alkanes) is 1. The highest BCUT2D eigenvalue weighted by Gasteiger charge is 2.33. The number of carbonyl (C=O) groups is 1. The summed E-state index contributed by atoms with van der Waals surface area (Å²) in [5.74, 6) is 1.13. The second-order valence-corrected chi connectivity index (χ2v) is 8.64. The SMILES string of the molecule is CCCCNc1nc(N)c2c(n1)N(Cc1ccc(N3CCN(C)CC3)c([N+](=O)[O-])c1)C(C=O)N2. The number of aromatic nitrogens is 2. The monoisotopic (exact) mass is 469 g/mol. The Kier molecular flexibility index (Phi) is 6.96. The molecule has 0 bridgehead atoms. The first-order chi connectivity index (χ1) is 16.4. The molecule has 1 aromatic heterocycles. The van der Waals surface area contributed by atoms with Crippen LogP contribution in [0.15, 0.2) is 18.2 Å². The summed E-state index contributed by atoms with van der Waals surface area (Å²) in [5, 5.41) is 18.1. The molecule has 1 fully saturated rings. The Bertz CT molecular complexity index is 1060. The number of nitro groups is 1. The maximum Gasteiger partial charge on any atom is 0.292 e. The Morgan fingerprint density at radius 3 is 2.74 bits per heavy atom. The molecular formula is C22H31N9O3. The third-order valence-electron chi connectivity index (χ3n) is 6.19. The normalized spacial score (nSPS) is 17.9. The van der Waals surface area contributed by atoms with Gasteiger partial charge in [-0.2, -0.15) is 9.97 Å². The quantitative estimate of drug-likeness (QED) is 0.214. The Morgan fingerprint density at radius 2 is 2.06 bits per heavy atom. The molecule has 4 rings (SSSR count). The van der Waals surface area contributed by atoms with Crippen LogP contribution in [0, 0.1) is 10.1 Å². The third kappa shape index (κ3) is 4.81. The van der Waals surface area contributed by atoms with Crippen molar-refractivity contribution in [3.05, 3.63) is 33.9 Å². The van der Waals surface area contributed by atoms with Crippen molar-refractivity contribution < 1.29 is 9.72 Å². The Labute approximate surface area is 198 Å². The van der Waals surface area contributed by atoms with Crippen LogP contribution in [0.3, 0.4) is 0 Å². The van der Waals surface area contributed by atoms with E-state index >= 15 is 0 Å². The predicted octanol–water partition coefficient (Wildman–Crippen LogP) is 1.89. The number of likely N-dealkylation sites (N-methyl/N-ethyl adjacent to an activating group) is 1. The predicted molar refractivity (Wildman–Crippen MR) is 132 cm³/mol. The molecule has 2 aliphatic rings. The zero-order valence-electron chi connectivity index (χ0n) is 19.5. The molecular weight excluding hydrogens is 438 g/mol. The number of hydrogen-bond donors (Lipinski definition) is 3. The smallest absolute Gasteiger partial charge is 0.292 e. The zero-order valence-corrected chi connectivity index (χ0v) is 19.5. The summed E-state index contributed by atoms with van der Waals surface area (Å²) < 4.78 is 0. The van der Waals surface area contributed by atoms with E-state index in [0.717, 1.165) is 45.3 Å². The summed E-state index contributed by atoms with van der Waals surface area (Å²) in [6.07, 6.45) is 2.05. The first-order valence-corrected chi connectivity index (χ1v) is 11.5. The minimum atomic E-state index is -0.700. The van der Waals surface area contributed by atoms with Gasteiger partial charge in [0.05, 0.1) is 4.92 Å². The van der Waals surface area contributed by atoms with Gasteiger partial charge in [0.25, 0.3) is 5.69 Å². The molecule has 182 valence electrons. The van der Waals surface area contributed by atoms with Crippen molar-refractivity contribution in [2.24, 2.45) is 0 Å². The molecule has 1 saturated heterocycles. The molecule has 4 N–H and O–H groups in total. The van der Waals surface area contributed by atoms with Gasteiger partial charge in [-0.15, -0.1) is 0 Å². The number of piperazine rings is 1. The van der Waals surface area contributed by atoms with Crippen LogP contribution in [0.4, 0.5) is 34.6 Å². The fraction of sp³-hybridized carbons (Fsp3) is 0.500. The first kappa shape index (κ1) is 23.5. The van der Waals surface area contributed by atoms with E-state index in [9.17, 15) is 14.9 Å². The lowest BCUT2D eigenvalue weighted by molar-refractivity contribution is -0.384. The van der Waals surface area contributed by atoms with Crippen molar-refractivity contribution in [1.29, 1.82) is 0 Å². The van der Waals surface area contributed by atoms with E-state index in [1.165, 1.54) is 0 Å². The van der Waals surface area contributed by atoms with Crippen molar-refractivity contribution in [3.8, 4) is 0 Å². The minimum Gasteiger partial charge on any atom is -0.382 e. The molecule has 0 saturated carbocycles. The third-order valence-corrected chi connectivity index (χ3v) is 6.19. The molecule has 0 radical (unpaired) electrons.